The van der Waals surface area contributed by atoms with E-state index in [0.717, 1.165) is 6.42 Å². The average molecular weight is 350 g/mol. The van der Waals surface area contributed by atoms with Gasteiger partial charge in [0.1, 0.15) is 0 Å². The predicted octanol–water partition coefficient (Wildman–Crippen LogP) is 1.75. The summed E-state index contributed by atoms with van der Waals surface area (Å²) < 4.78 is 27.0. The number of rotatable bonds is 4. The van der Waals surface area contributed by atoms with E-state index < -0.39 is 14.9 Å². The first-order valence-electron chi connectivity index (χ1n) is 6.77. The summed E-state index contributed by atoms with van der Waals surface area (Å²) in [5.41, 5.74) is 6.38. The number of nitro benzene ring substituents is 1. The predicted molar refractivity (Wildman–Crippen MR) is 85.8 cm³/mol. The van der Waals surface area contributed by atoms with Gasteiger partial charge in [-0.25, -0.2) is 8.42 Å². The van der Waals surface area contributed by atoms with Crippen molar-refractivity contribution in [3.63, 3.8) is 0 Å². The summed E-state index contributed by atoms with van der Waals surface area (Å²) in [6.45, 7) is 3.91. The molecule has 1 aliphatic rings. The van der Waals surface area contributed by atoms with E-state index >= 15 is 0 Å². The van der Waals surface area contributed by atoms with Crippen LogP contribution in [0.5, 0.6) is 0 Å². The highest BCUT2D eigenvalue weighted by atomic mass is 35.5. The van der Waals surface area contributed by atoms with Gasteiger partial charge in [-0.3, -0.25) is 10.1 Å². The molecule has 0 amide bonds. The Morgan fingerprint density at radius 2 is 2.05 bits per heavy atom. The first kappa shape index (κ1) is 18.8. The molecule has 0 aliphatic carbocycles. The number of sulfonamides is 1. The first-order chi connectivity index (χ1) is 9.80. The number of hydrogen-bond donors (Lipinski definition) is 1. The summed E-state index contributed by atoms with van der Waals surface area (Å²) in [6, 6.07) is 2.54. The molecule has 0 spiro atoms. The molecule has 1 saturated heterocycles. The standard InChI is InChI=1S/C13H19N3O4S.ClH/c1-9-5-6-12(16(17)18)13(10(9)2)21(19,20)15-7-3-4-11(15)8-14;/h5-6,11H,3-4,7-8,14H2,1-2H3;1H. The van der Waals surface area contributed by atoms with Crippen molar-refractivity contribution < 1.29 is 13.3 Å². The highest BCUT2D eigenvalue weighted by molar-refractivity contribution is 7.89. The van der Waals surface area contributed by atoms with Crippen LogP contribution >= 0.6 is 12.4 Å². The van der Waals surface area contributed by atoms with Crippen molar-refractivity contribution in [1.82, 2.24) is 4.31 Å². The van der Waals surface area contributed by atoms with Gasteiger partial charge in [-0.15, -0.1) is 12.4 Å². The Morgan fingerprint density at radius 3 is 2.59 bits per heavy atom. The van der Waals surface area contributed by atoms with E-state index in [0.29, 0.717) is 24.1 Å². The quantitative estimate of drug-likeness (QED) is 0.658. The Hall–Kier alpha value is -1.22. The van der Waals surface area contributed by atoms with Crippen molar-refractivity contribution in [2.24, 2.45) is 5.73 Å². The van der Waals surface area contributed by atoms with Crippen molar-refractivity contribution in [3.8, 4) is 0 Å². The smallest absolute Gasteiger partial charge is 0.289 e. The van der Waals surface area contributed by atoms with Crippen LogP contribution in [-0.2, 0) is 10.0 Å². The molecule has 0 bridgehead atoms. The van der Waals surface area contributed by atoms with Gasteiger partial charge in [0.25, 0.3) is 5.69 Å². The van der Waals surface area contributed by atoms with Crippen molar-refractivity contribution in [2.45, 2.75) is 37.6 Å². The van der Waals surface area contributed by atoms with E-state index in [-0.39, 0.29) is 35.6 Å². The van der Waals surface area contributed by atoms with Crippen molar-refractivity contribution >= 4 is 28.1 Å². The molecule has 1 aromatic carbocycles. The summed E-state index contributed by atoms with van der Waals surface area (Å²) in [5, 5.41) is 11.2. The number of nitrogens with zero attached hydrogens (tertiary/aromatic N) is 2. The second kappa shape index (κ2) is 6.91. The highest BCUT2D eigenvalue weighted by Crippen LogP contribution is 2.34. The summed E-state index contributed by atoms with van der Waals surface area (Å²) in [7, 11) is -3.92. The van der Waals surface area contributed by atoms with Gasteiger partial charge in [-0.1, -0.05) is 6.07 Å². The third-order valence-electron chi connectivity index (χ3n) is 4.01. The number of halogens is 1. The van der Waals surface area contributed by atoms with Gasteiger partial charge in [-0.05, 0) is 37.8 Å². The Labute approximate surface area is 136 Å². The molecule has 7 nitrogen and oxygen atoms in total. The lowest BCUT2D eigenvalue weighted by Gasteiger charge is -2.24. The zero-order chi connectivity index (χ0) is 15.8. The van der Waals surface area contributed by atoms with Gasteiger partial charge in [-0.2, -0.15) is 4.31 Å². The molecule has 9 heteroatoms. The van der Waals surface area contributed by atoms with Crippen LogP contribution in [0.1, 0.15) is 24.0 Å². The molecule has 0 saturated carbocycles. The average Bonchev–Trinajstić information content (AvgIpc) is 2.90. The van der Waals surface area contributed by atoms with Gasteiger partial charge < -0.3 is 5.73 Å². The lowest BCUT2D eigenvalue weighted by atomic mass is 10.1. The Morgan fingerprint density at radius 1 is 1.41 bits per heavy atom. The number of benzene rings is 1. The monoisotopic (exact) mass is 349 g/mol. The van der Waals surface area contributed by atoms with Gasteiger partial charge in [0, 0.05) is 25.2 Å². The first-order valence-corrected chi connectivity index (χ1v) is 8.21. The third kappa shape index (κ3) is 3.10. The van der Waals surface area contributed by atoms with Gasteiger partial charge in [0.15, 0.2) is 4.90 Å². The molecule has 1 aliphatic heterocycles. The molecule has 124 valence electrons. The van der Waals surface area contributed by atoms with Crippen LogP contribution in [0.2, 0.25) is 0 Å². The highest BCUT2D eigenvalue weighted by Gasteiger charge is 2.39. The van der Waals surface area contributed by atoms with Gasteiger partial charge >= 0.3 is 0 Å². The van der Waals surface area contributed by atoms with Crippen LogP contribution in [0.3, 0.4) is 0 Å². The second-order valence-corrected chi connectivity index (χ2v) is 7.09. The maximum atomic E-state index is 12.9. The molecule has 1 heterocycles. The molecule has 2 rings (SSSR count). The van der Waals surface area contributed by atoms with E-state index in [2.05, 4.69) is 0 Å². The van der Waals surface area contributed by atoms with Crippen LogP contribution < -0.4 is 5.73 Å². The molecule has 1 aromatic rings. The summed E-state index contributed by atoms with van der Waals surface area (Å²) in [6.07, 6.45) is 1.41. The Kier molecular flexibility index (Phi) is 5.91. The topological polar surface area (TPSA) is 107 Å². The van der Waals surface area contributed by atoms with Crippen molar-refractivity contribution in [2.75, 3.05) is 13.1 Å². The molecule has 22 heavy (non-hydrogen) atoms. The molecular weight excluding hydrogens is 330 g/mol. The lowest BCUT2D eigenvalue weighted by Crippen LogP contribution is -2.40. The van der Waals surface area contributed by atoms with Crippen LogP contribution in [-0.4, -0.2) is 36.8 Å². The van der Waals surface area contributed by atoms with E-state index in [1.807, 2.05) is 0 Å². The molecule has 0 aromatic heterocycles. The van der Waals surface area contributed by atoms with Crippen LogP contribution in [0.4, 0.5) is 5.69 Å². The van der Waals surface area contributed by atoms with E-state index in [4.69, 9.17) is 5.73 Å². The summed E-state index contributed by atoms with van der Waals surface area (Å²) >= 11 is 0. The fourth-order valence-electron chi connectivity index (χ4n) is 2.72. The third-order valence-corrected chi connectivity index (χ3v) is 6.14. The SMILES string of the molecule is Cc1ccc([N+](=O)[O-])c(S(=O)(=O)N2CCCC2CN)c1C.Cl. The second-order valence-electron chi connectivity index (χ2n) is 5.26. The minimum absolute atomic E-state index is 0. The molecule has 1 atom stereocenters. The Balaban J connectivity index is 0.00000242. The zero-order valence-corrected chi connectivity index (χ0v) is 14.1. The molecular formula is C13H20ClN3O4S. The van der Waals surface area contributed by atoms with Crippen molar-refractivity contribution in [3.05, 3.63) is 33.4 Å². The maximum Gasteiger partial charge on any atom is 0.289 e. The molecule has 1 unspecified atom stereocenters. The number of hydrogen-bond acceptors (Lipinski definition) is 5. The zero-order valence-electron chi connectivity index (χ0n) is 12.5. The summed E-state index contributed by atoms with van der Waals surface area (Å²) in [5.74, 6) is 0. The molecule has 2 N–H and O–H groups in total. The summed E-state index contributed by atoms with van der Waals surface area (Å²) in [4.78, 5) is 10.3. The Bertz CT molecular complexity index is 678. The van der Waals surface area contributed by atoms with Crippen LogP contribution in [0.15, 0.2) is 17.0 Å². The number of aryl methyl sites for hydroxylation is 1. The minimum Gasteiger partial charge on any atom is -0.329 e. The van der Waals surface area contributed by atoms with Crippen LogP contribution in [0, 0.1) is 24.0 Å². The van der Waals surface area contributed by atoms with Gasteiger partial charge in [0.05, 0.1) is 4.92 Å². The molecule has 1 fully saturated rings. The van der Waals surface area contributed by atoms with E-state index in [1.54, 1.807) is 19.9 Å². The van der Waals surface area contributed by atoms with Crippen molar-refractivity contribution in [1.29, 1.82) is 0 Å². The number of nitrogens with two attached hydrogens (primary N) is 1. The van der Waals surface area contributed by atoms with E-state index in [1.165, 1.54) is 10.4 Å². The normalized spacial score (nSPS) is 19.0. The minimum atomic E-state index is -3.92. The maximum absolute atomic E-state index is 12.9. The fourth-order valence-corrected chi connectivity index (χ4v) is 4.87. The largest absolute Gasteiger partial charge is 0.329 e. The van der Waals surface area contributed by atoms with Crippen LogP contribution in [0.25, 0.3) is 0 Å². The molecule has 0 radical (unpaired) electrons. The fraction of sp³-hybridized carbons (Fsp3) is 0.538. The van der Waals surface area contributed by atoms with E-state index in [9.17, 15) is 18.5 Å². The van der Waals surface area contributed by atoms with Gasteiger partial charge in [0.2, 0.25) is 10.0 Å². The lowest BCUT2D eigenvalue weighted by molar-refractivity contribution is -0.388. The number of nitro groups is 1.